The number of rotatable bonds is 5. The molecule has 0 radical (unpaired) electrons. The summed E-state index contributed by atoms with van der Waals surface area (Å²) in [7, 11) is 0. The van der Waals surface area contributed by atoms with Crippen molar-refractivity contribution in [3.63, 3.8) is 0 Å². The normalized spacial score (nSPS) is 14.1. The molecule has 2 N–H and O–H groups in total. The van der Waals surface area contributed by atoms with Crippen molar-refractivity contribution in [2.24, 2.45) is 0 Å². The summed E-state index contributed by atoms with van der Waals surface area (Å²) in [6.07, 6.45) is -4.74. The molecule has 35 heavy (non-hydrogen) atoms. The second-order valence-electron chi connectivity index (χ2n) is 7.45. The highest BCUT2D eigenvalue weighted by Crippen LogP contribution is 2.33. The van der Waals surface area contributed by atoms with Gasteiger partial charge in [0.05, 0.1) is 21.4 Å². The molecule has 1 aliphatic heterocycles. The fourth-order valence-corrected chi connectivity index (χ4v) is 4.28. The van der Waals surface area contributed by atoms with Gasteiger partial charge in [-0.2, -0.15) is 13.2 Å². The number of thiophene rings is 1. The van der Waals surface area contributed by atoms with Gasteiger partial charge in [0.1, 0.15) is 6.61 Å². The van der Waals surface area contributed by atoms with Gasteiger partial charge < -0.3 is 20.3 Å². The van der Waals surface area contributed by atoms with Gasteiger partial charge in [0, 0.05) is 29.2 Å². The minimum Gasteiger partial charge on any atom is -0.370 e. The van der Waals surface area contributed by atoms with Crippen LogP contribution < -0.4 is 15.5 Å². The summed E-state index contributed by atoms with van der Waals surface area (Å²) in [4.78, 5) is 38.8. The number of carbonyl (C=O) groups excluding carboxylic acids is 3. The first-order valence-corrected chi connectivity index (χ1v) is 11.4. The topological polar surface area (TPSA) is 87.7 Å². The Morgan fingerprint density at radius 1 is 0.971 bits per heavy atom. The maximum atomic E-state index is 13.5. The number of hydrogen-bond acceptors (Lipinski definition) is 5. The number of anilines is 3. The van der Waals surface area contributed by atoms with Crippen molar-refractivity contribution in [3.05, 3.63) is 74.9 Å². The van der Waals surface area contributed by atoms with Crippen LogP contribution in [0.15, 0.2) is 54.6 Å². The molecule has 4 rings (SSSR count). The highest BCUT2D eigenvalue weighted by molar-refractivity contribution is 7.18. The first kappa shape index (κ1) is 24.7. The molecule has 1 aromatic heterocycles. The Bertz CT molecular complexity index is 1280. The van der Waals surface area contributed by atoms with E-state index >= 15 is 0 Å². The third kappa shape index (κ3) is 5.99. The smallest absolute Gasteiger partial charge is 0.370 e. The number of ether oxygens (including phenoxy) is 1. The molecule has 1 saturated heterocycles. The standard InChI is InChI=1S/C23H17ClF3N3O4S/c24-19-6-5-18(35-19)22(33)29-16-10-13(9-14(11-16)23(25,26)27)21(32)28-15-1-3-17(4-2-15)30-7-8-34-12-20(30)31/h1-6,9-11H,7-8,12H2,(H,28,32)(H,29,33). The molecule has 2 heterocycles. The van der Waals surface area contributed by atoms with E-state index in [2.05, 4.69) is 10.6 Å². The molecule has 0 atom stereocenters. The van der Waals surface area contributed by atoms with Crippen LogP contribution in [0.25, 0.3) is 0 Å². The Hall–Kier alpha value is -3.41. The summed E-state index contributed by atoms with van der Waals surface area (Å²) in [5, 5.41) is 4.91. The first-order chi connectivity index (χ1) is 16.6. The van der Waals surface area contributed by atoms with E-state index in [9.17, 15) is 27.6 Å². The lowest BCUT2D eigenvalue weighted by atomic mass is 10.1. The third-order valence-electron chi connectivity index (χ3n) is 5.00. The fourth-order valence-electron chi connectivity index (χ4n) is 3.34. The van der Waals surface area contributed by atoms with Crippen LogP contribution >= 0.6 is 22.9 Å². The van der Waals surface area contributed by atoms with E-state index in [1.54, 1.807) is 12.1 Å². The van der Waals surface area contributed by atoms with Crippen molar-refractivity contribution in [1.82, 2.24) is 0 Å². The highest BCUT2D eigenvalue weighted by atomic mass is 35.5. The van der Waals surface area contributed by atoms with E-state index in [-0.39, 0.29) is 28.6 Å². The largest absolute Gasteiger partial charge is 0.416 e. The second kappa shape index (κ2) is 10.1. The zero-order valence-electron chi connectivity index (χ0n) is 17.8. The third-order valence-corrected chi connectivity index (χ3v) is 6.23. The molecule has 1 aliphatic rings. The van der Waals surface area contributed by atoms with Crippen LogP contribution in [0.1, 0.15) is 25.6 Å². The molecule has 2 aromatic carbocycles. The van der Waals surface area contributed by atoms with Crippen molar-refractivity contribution < 1.29 is 32.3 Å². The maximum Gasteiger partial charge on any atom is 0.416 e. The molecular weight excluding hydrogens is 507 g/mol. The average molecular weight is 524 g/mol. The van der Waals surface area contributed by atoms with E-state index in [0.29, 0.717) is 34.9 Å². The Labute approximate surface area is 206 Å². The number of hydrogen-bond donors (Lipinski definition) is 2. The lowest BCUT2D eigenvalue weighted by Gasteiger charge is -2.26. The fraction of sp³-hybridized carbons (Fsp3) is 0.174. The summed E-state index contributed by atoms with van der Waals surface area (Å²) >= 11 is 6.78. The molecule has 7 nitrogen and oxygen atoms in total. The lowest BCUT2D eigenvalue weighted by molar-refractivity contribution is -0.137. The van der Waals surface area contributed by atoms with Gasteiger partial charge in [-0.05, 0) is 54.6 Å². The Balaban J connectivity index is 1.53. The monoisotopic (exact) mass is 523 g/mol. The van der Waals surface area contributed by atoms with E-state index < -0.39 is 23.6 Å². The van der Waals surface area contributed by atoms with E-state index in [0.717, 1.165) is 23.5 Å². The zero-order chi connectivity index (χ0) is 25.2. The molecule has 3 aromatic rings. The number of halogens is 4. The van der Waals surface area contributed by atoms with Crippen molar-refractivity contribution >= 4 is 57.7 Å². The minimum atomic E-state index is -4.74. The first-order valence-electron chi connectivity index (χ1n) is 10.2. The lowest BCUT2D eigenvalue weighted by Crippen LogP contribution is -2.41. The molecule has 182 valence electrons. The van der Waals surface area contributed by atoms with Gasteiger partial charge in [-0.3, -0.25) is 14.4 Å². The van der Waals surface area contributed by atoms with Crippen LogP contribution in [0.4, 0.5) is 30.2 Å². The molecule has 0 saturated carbocycles. The van der Waals surface area contributed by atoms with Crippen LogP contribution in [0.5, 0.6) is 0 Å². The quantitative estimate of drug-likeness (QED) is 0.476. The summed E-state index contributed by atoms with van der Waals surface area (Å²) < 4.78 is 45.8. The predicted molar refractivity (Wildman–Crippen MR) is 126 cm³/mol. The Kier molecular flexibility index (Phi) is 7.10. The number of nitrogens with one attached hydrogen (secondary N) is 2. The van der Waals surface area contributed by atoms with Gasteiger partial charge in [-0.25, -0.2) is 0 Å². The molecule has 0 bridgehead atoms. The van der Waals surface area contributed by atoms with Gasteiger partial charge in [0.15, 0.2) is 0 Å². The van der Waals surface area contributed by atoms with Crippen molar-refractivity contribution in [2.45, 2.75) is 6.18 Å². The van der Waals surface area contributed by atoms with Gasteiger partial charge in [0.2, 0.25) is 0 Å². The van der Waals surface area contributed by atoms with E-state index in [1.807, 2.05) is 0 Å². The number of carbonyl (C=O) groups is 3. The summed E-state index contributed by atoms with van der Waals surface area (Å²) in [6, 6.07) is 11.8. The van der Waals surface area contributed by atoms with Crippen molar-refractivity contribution in [3.8, 4) is 0 Å². The van der Waals surface area contributed by atoms with Gasteiger partial charge >= 0.3 is 6.18 Å². The molecule has 0 unspecified atom stereocenters. The zero-order valence-corrected chi connectivity index (χ0v) is 19.4. The molecular formula is C23H17ClF3N3O4S. The molecule has 3 amide bonds. The summed E-state index contributed by atoms with van der Waals surface area (Å²) in [6.45, 7) is 0.769. The average Bonchev–Trinajstić information content (AvgIpc) is 3.26. The number of benzene rings is 2. The van der Waals surface area contributed by atoms with Crippen LogP contribution in [-0.4, -0.2) is 37.5 Å². The number of amides is 3. The maximum absolute atomic E-state index is 13.5. The SMILES string of the molecule is O=C(Nc1ccc(N2CCOCC2=O)cc1)c1cc(NC(=O)c2ccc(Cl)s2)cc(C(F)(F)F)c1. The highest BCUT2D eigenvalue weighted by Gasteiger charge is 2.32. The van der Waals surface area contributed by atoms with Crippen LogP contribution in [0.3, 0.4) is 0 Å². The van der Waals surface area contributed by atoms with Gasteiger partial charge in [-0.15, -0.1) is 11.3 Å². The molecule has 0 aliphatic carbocycles. The van der Waals surface area contributed by atoms with E-state index in [1.165, 1.54) is 29.2 Å². The molecule has 0 spiro atoms. The number of alkyl halides is 3. The minimum absolute atomic E-state index is 0.0214. The second-order valence-corrected chi connectivity index (χ2v) is 9.17. The summed E-state index contributed by atoms with van der Waals surface area (Å²) in [5.41, 5.74) is -0.664. The summed E-state index contributed by atoms with van der Waals surface area (Å²) in [5.74, 6) is -1.65. The van der Waals surface area contributed by atoms with E-state index in [4.69, 9.17) is 16.3 Å². The van der Waals surface area contributed by atoms with Gasteiger partial charge in [-0.1, -0.05) is 11.6 Å². The number of nitrogens with zero attached hydrogens (tertiary/aromatic N) is 1. The Morgan fingerprint density at radius 3 is 2.31 bits per heavy atom. The molecule has 12 heteroatoms. The van der Waals surface area contributed by atoms with Crippen LogP contribution in [0.2, 0.25) is 4.34 Å². The van der Waals surface area contributed by atoms with Crippen molar-refractivity contribution in [2.75, 3.05) is 35.3 Å². The number of morpholine rings is 1. The van der Waals surface area contributed by atoms with Gasteiger partial charge in [0.25, 0.3) is 17.7 Å². The van der Waals surface area contributed by atoms with Crippen molar-refractivity contribution in [1.29, 1.82) is 0 Å². The molecule has 1 fully saturated rings. The van der Waals surface area contributed by atoms with Crippen LogP contribution in [-0.2, 0) is 15.7 Å². The predicted octanol–water partition coefficient (Wildman–Crippen LogP) is 5.29. The van der Waals surface area contributed by atoms with Crippen LogP contribution in [0, 0.1) is 0 Å². The Morgan fingerprint density at radius 2 is 1.69 bits per heavy atom.